The summed E-state index contributed by atoms with van der Waals surface area (Å²) in [6.07, 6.45) is 16.4. The van der Waals surface area contributed by atoms with Crippen LogP contribution in [0.1, 0.15) is 137 Å². The molecule has 1 aromatic rings. The minimum Gasteiger partial charge on any atom is -0.461 e. The van der Waals surface area contributed by atoms with Crippen molar-refractivity contribution in [1.29, 1.82) is 0 Å². The Labute approximate surface area is 429 Å². The highest BCUT2D eigenvalue weighted by atomic mass is 16.6. The molecule has 0 radical (unpaired) electrons. The fraction of sp³-hybridized carbons (Fsp3) is 0.690. The van der Waals surface area contributed by atoms with Crippen molar-refractivity contribution in [2.24, 2.45) is 35.3 Å². The molecule has 3 fully saturated rings. The number of nitrogens with zero attached hydrogens (tertiary/aromatic N) is 2. The van der Waals surface area contributed by atoms with Gasteiger partial charge in [-0.2, -0.15) is 0 Å². The highest BCUT2D eigenvalue weighted by molar-refractivity contribution is 6.39. The smallest absolute Gasteiger partial charge is 0.329 e. The molecule has 1 saturated carbocycles. The minimum atomic E-state index is -2.40. The summed E-state index contributed by atoms with van der Waals surface area (Å²) < 4.78 is 24.2. The molecular weight excluding hydrogens is 915 g/mol. The molecule has 14 nitrogen and oxygen atoms in total. The second-order valence-corrected chi connectivity index (χ2v) is 22.1. The zero-order chi connectivity index (χ0) is 52.3. The Kier molecular flexibility index (Phi) is 21.0. The predicted octanol–water partition coefficient (Wildman–Crippen LogP) is 7.50. The minimum absolute atomic E-state index is 0.0440. The molecule has 1 aliphatic carbocycles. The molecule has 6 rings (SSSR count). The van der Waals surface area contributed by atoms with Gasteiger partial charge in [-0.25, -0.2) is 4.79 Å². The molecule has 8 unspecified atom stereocenters. The number of carbonyl (C=O) groups is 4. The van der Waals surface area contributed by atoms with Crippen molar-refractivity contribution in [3.8, 4) is 0 Å². The number of allylic oxidation sites excluding steroid dienone is 5. The molecule has 14 heteroatoms. The third kappa shape index (κ3) is 14.2. The Morgan fingerprint density at radius 1 is 0.819 bits per heavy atom. The summed E-state index contributed by atoms with van der Waals surface area (Å²) in [6, 6.07) is 6.61. The van der Waals surface area contributed by atoms with Gasteiger partial charge in [0.05, 0.1) is 24.4 Å². The number of rotatable bonds is 6. The number of piperidine rings is 1. The van der Waals surface area contributed by atoms with Crippen molar-refractivity contribution < 1.29 is 53.4 Å². The Morgan fingerprint density at radius 2 is 1.57 bits per heavy atom. The Morgan fingerprint density at radius 3 is 2.32 bits per heavy atom. The van der Waals surface area contributed by atoms with E-state index in [0.717, 1.165) is 37.1 Å². The first-order valence-corrected chi connectivity index (χ1v) is 27.1. The number of methoxy groups -OCH3 is 2. The van der Waals surface area contributed by atoms with E-state index >= 15 is 0 Å². The lowest BCUT2D eigenvalue weighted by molar-refractivity contribution is -0.263. The van der Waals surface area contributed by atoms with Crippen LogP contribution in [0.25, 0.3) is 0 Å². The van der Waals surface area contributed by atoms with Crippen LogP contribution in [0.3, 0.4) is 0 Å². The number of cyclic esters (lactones) is 1. The number of para-hydroxylation sites is 1. The van der Waals surface area contributed by atoms with Gasteiger partial charge in [0.2, 0.25) is 5.79 Å². The van der Waals surface area contributed by atoms with E-state index in [1.54, 1.807) is 27.0 Å². The molecule has 4 aliphatic heterocycles. The van der Waals surface area contributed by atoms with E-state index in [1.807, 2.05) is 38.1 Å². The number of hydrogen-bond acceptors (Lipinski definition) is 13. The number of aryl methyl sites for hydroxylation is 1. The zero-order valence-electron chi connectivity index (χ0n) is 44.5. The molecule has 5 N–H and O–H groups in total. The maximum Gasteiger partial charge on any atom is 0.329 e. The largest absolute Gasteiger partial charge is 0.461 e. The number of fused-ring (bicyclic) bond motifs is 4. The quantitative estimate of drug-likeness (QED) is 0.124. The summed E-state index contributed by atoms with van der Waals surface area (Å²) in [5.41, 5.74) is 10.7. The lowest BCUT2D eigenvalue weighted by atomic mass is 9.78. The van der Waals surface area contributed by atoms with Gasteiger partial charge in [-0.05, 0) is 145 Å². The molecule has 0 spiro atoms. The number of carbonyl (C=O) groups excluding carboxylic acids is 4. The number of ether oxygens (including phenoxy) is 4. The van der Waals surface area contributed by atoms with Crippen LogP contribution in [0.2, 0.25) is 0 Å². The lowest BCUT2D eigenvalue weighted by Crippen LogP contribution is -2.61. The van der Waals surface area contributed by atoms with E-state index in [9.17, 15) is 34.5 Å². The number of ketones is 2. The summed E-state index contributed by atoms with van der Waals surface area (Å²) in [4.78, 5) is 61.2. The van der Waals surface area contributed by atoms with Crippen LogP contribution in [-0.2, 0) is 44.5 Å². The normalized spacial score (nSPS) is 38.5. The van der Waals surface area contributed by atoms with Crippen LogP contribution in [0, 0.1) is 29.6 Å². The Balaban J connectivity index is 1.33. The van der Waals surface area contributed by atoms with E-state index in [0.29, 0.717) is 76.2 Å². The van der Waals surface area contributed by atoms with Crippen LogP contribution in [0.4, 0.5) is 5.69 Å². The number of nitrogens with two attached hydrogens (primary N) is 1. The maximum atomic E-state index is 14.6. The molecule has 2 saturated heterocycles. The van der Waals surface area contributed by atoms with Crippen LogP contribution in [-0.4, -0.2) is 132 Å². The van der Waals surface area contributed by atoms with Crippen LogP contribution < -0.4 is 10.6 Å². The first-order chi connectivity index (χ1) is 34.4. The van der Waals surface area contributed by atoms with Gasteiger partial charge in [-0.15, -0.1) is 0 Å². The number of Topliss-reactive ketones (excluding diaryl/α,β-unsaturated/α-hetero) is 2. The average Bonchev–Trinajstić information content (AvgIpc) is 3.37. The van der Waals surface area contributed by atoms with Crippen molar-refractivity contribution in [3.05, 3.63) is 77.4 Å². The van der Waals surface area contributed by atoms with E-state index in [-0.39, 0.29) is 48.6 Å². The molecule has 5 aliphatic rings. The Hall–Kier alpha value is -4.02. The van der Waals surface area contributed by atoms with Gasteiger partial charge in [0.15, 0.2) is 5.78 Å². The van der Waals surface area contributed by atoms with Crippen LogP contribution in [0.15, 0.2) is 71.9 Å². The van der Waals surface area contributed by atoms with Crippen molar-refractivity contribution >= 4 is 29.1 Å². The summed E-state index contributed by atoms with van der Waals surface area (Å²) in [5.74, 6) is -6.25. The standard InChI is InChI=1S/C58H87N3O11/c1-36-17-10-9-11-18-37(2)48(60-30-16-20-43-19-12-13-21-46(43)60)35-45-26-23-41(6)58(68,72-45)55(65)56(66)61-29-15-14-22-47(61)57(67)71-50(38(3)32-42-24-27-49(62)51(34-42)69-7)28-25-44(59)33-40(5)53(64)54(70-8)52(63)39(4)31-36/h9-13,17-19,21,33,36,38-39,41-42,44-45,47-51,53-54,62,64,68H,14-16,20,22-32,34-35,59H2,1-8H3/b11-9+,17-10+,37-18+,40-33+/t36-,38-,39?,41?,42?,44+,45?,47?,48-,49-,50+,51?,53?,54+,58?/m1/s1. The summed E-state index contributed by atoms with van der Waals surface area (Å²) >= 11 is 0. The van der Waals surface area contributed by atoms with Crippen LogP contribution in [0.5, 0.6) is 0 Å². The molecule has 0 aromatic heterocycles. The fourth-order valence-corrected chi connectivity index (χ4v) is 12.1. The molecule has 15 atom stereocenters. The summed E-state index contributed by atoms with van der Waals surface area (Å²) in [7, 11) is 3.03. The molecule has 400 valence electrons. The van der Waals surface area contributed by atoms with Gasteiger partial charge >= 0.3 is 5.97 Å². The monoisotopic (exact) mass is 1000 g/mol. The first-order valence-electron chi connectivity index (χ1n) is 27.1. The van der Waals surface area contributed by atoms with Gasteiger partial charge < -0.3 is 49.8 Å². The van der Waals surface area contributed by atoms with E-state index in [4.69, 9.17) is 24.7 Å². The predicted molar refractivity (Wildman–Crippen MR) is 279 cm³/mol. The molecule has 4 heterocycles. The average molecular weight is 1000 g/mol. The summed E-state index contributed by atoms with van der Waals surface area (Å²) in [5, 5.41) is 34.4. The molecular formula is C58H87N3O11. The van der Waals surface area contributed by atoms with E-state index in [2.05, 4.69) is 49.1 Å². The SMILES string of the molecule is COC1CC(C[C@@H](C)[C@@H]2CC[C@H](N)/C=C(\C)C(O)[C@@H](OC)C(=O)C(C)C[C@H](C)/C=C/C=C/C=C(\C)[C@H](N3CCCc4ccccc43)CC3CCC(C)C(O)(O3)C(=O)C(=O)N3CCCCC3C(=O)O2)CC[C@H]1O. The highest BCUT2D eigenvalue weighted by Gasteiger charge is 2.53. The third-order valence-corrected chi connectivity index (χ3v) is 16.6. The number of esters is 1. The molecule has 2 bridgehead atoms. The first kappa shape index (κ1) is 57.3. The lowest BCUT2D eigenvalue weighted by Gasteiger charge is -2.45. The molecule has 72 heavy (non-hydrogen) atoms. The van der Waals surface area contributed by atoms with Gasteiger partial charge in [0, 0.05) is 50.9 Å². The molecule has 1 aromatic carbocycles. The molecule has 1 amide bonds. The second kappa shape index (κ2) is 26.5. The number of aliphatic hydroxyl groups excluding tert-OH is 2. The number of amides is 1. The number of hydrogen-bond donors (Lipinski definition) is 4. The van der Waals surface area contributed by atoms with Crippen LogP contribution >= 0.6 is 0 Å². The third-order valence-electron chi connectivity index (χ3n) is 16.6. The van der Waals surface area contributed by atoms with Crippen molar-refractivity contribution in [2.75, 3.05) is 32.2 Å². The van der Waals surface area contributed by atoms with Gasteiger partial charge in [0.1, 0.15) is 24.4 Å². The number of benzene rings is 1. The van der Waals surface area contributed by atoms with Crippen molar-refractivity contribution in [2.45, 2.75) is 198 Å². The van der Waals surface area contributed by atoms with E-state index < -0.39 is 77.9 Å². The number of aliphatic hydroxyl groups is 3. The van der Waals surface area contributed by atoms with Gasteiger partial charge in [-0.3, -0.25) is 14.4 Å². The maximum absolute atomic E-state index is 14.6. The van der Waals surface area contributed by atoms with Gasteiger partial charge in [0.25, 0.3) is 11.7 Å². The second-order valence-electron chi connectivity index (χ2n) is 22.1. The fourth-order valence-electron chi connectivity index (χ4n) is 12.1. The summed E-state index contributed by atoms with van der Waals surface area (Å²) in [6.45, 7) is 12.5. The van der Waals surface area contributed by atoms with Crippen molar-refractivity contribution in [3.63, 3.8) is 0 Å². The Bertz CT molecular complexity index is 2120. The van der Waals surface area contributed by atoms with Gasteiger partial charge in [-0.1, -0.05) is 87.9 Å². The van der Waals surface area contributed by atoms with E-state index in [1.165, 1.54) is 17.6 Å². The zero-order valence-corrected chi connectivity index (χ0v) is 44.5. The van der Waals surface area contributed by atoms with Crippen molar-refractivity contribution in [1.82, 2.24) is 4.90 Å². The topological polar surface area (TPSA) is 198 Å². The number of anilines is 1. The highest BCUT2D eigenvalue weighted by Crippen LogP contribution is 2.40.